The van der Waals surface area contributed by atoms with Crippen LogP contribution in [0.1, 0.15) is 10.4 Å². The lowest BCUT2D eigenvalue weighted by Crippen LogP contribution is -2.21. The molecule has 1 N–H and O–H groups in total. The molecule has 0 unspecified atom stereocenters. The number of carbonyl (C=O) groups is 2. The van der Waals surface area contributed by atoms with Crippen LogP contribution in [0, 0.1) is 10.1 Å². The summed E-state index contributed by atoms with van der Waals surface area (Å²) in [5.41, 5.74) is -1.35. The Morgan fingerprint density at radius 1 is 1.20 bits per heavy atom. The van der Waals surface area contributed by atoms with Gasteiger partial charge in [-0.1, -0.05) is 23.2 Å². The van der Waals surface area contributed by atoms with Gasteiger partial charge in [0.05, 0.1) is 28.8 Å². The van der Waals surface area contributed by atoms with Crippen LogP contribution in [0.3, 0.4) is 0 Å². The highest BCUT2D eigenvalue weighted by Crippen LogP contribution is 2.36. The number of amides is 1. The fourth-order valence-corrected chi connectivity index (χ4v) is 2.54. The fourth-order valence-electron chi connectivity index (χ4n) is 2.20. The van der Waals surface area contributed by atoms with Crippen molar-refractivity contribution in [3.05, 3.63) is 56.1 Å². The van der Waals surface area contributed by atoms with Gasteiger partial charge in [-0.3, -0.25) is 14.9 Å². The number of nitro benzene ring substituents is 1. The zero-order chi connectivity index (χ0) is 22.4. The van der Waals surface area contributed by atoms with Crippen molar-refractivity contribution in [2.45, 2.75) is 6.61 Å². The standard InChI is InChI=1S/C17H12Cl2F2N2O7/c1-28-13-5-9(12(23(26)27)6-14(13)30-17(20)21)16(25)29-7-15(24)22-11-4-8(18)2-3-10(11)19/h2-6,17H,7H2,1H3,(H,22,24). The molecule has 0 aliphatic rings. The first-order valence-electron chi connectivity index (χ1n) is 7.85. The summed E-state index contributed by atoms with van der Waals surface area (Å²) in [4.78, 5) is 34.4. The van der Waals surface area contributed by atoms with E-state index in [1.54, 1.807) is 0 Å². The van der Waals surface area contributed by atoms with Gasteiger partial charge < -0.3 is 19.5 Å². The molecule has 9 nitrogen and oxygen atoms in total. The van der Waals surface area contributed by atoms with Crippen LogP contribution in [0.4, 0.5) is 20.2 Å². The molecule has 0 aromatic heterocycles. The van der Waals surface area contributed by atoms with Gasteiger partial charge in [0.15, 0.2) is 18.1 Å². The Bertz CT molecular complexity index is 989. The van der Waals surface area contributed by atoms with E-state index in [-0.39, 0.29) is 16.5 Å². The van der Waals surface area contributed by atoms with Crippen LogP contribution in [0.25, 0.3) is 0 Å². The maximum absolute atomic E-state index is 12.5. The molecular formula is C17H12Cl2F2N2O7. The largest absolute Gasteiger partial charge is 0.493 e. The molecule has 0 fully saturated rings. The molecule has 0 saturated heterocycles. The van der Waals surface area contributed by atoms with E-state index in [0.29, 0.717) is 11.1 Å². The molecule has 0 heterocycles. The number of nitrogens with zero attached hydrogens (tertiary/aromatic N) is 1. The number of nitro groups is 1. The summed E-state index contributed by atoms with van der Waals surface area (Å²) in [6.45, 7) is -4.10. The number of nitrogens with one attached hydrogen (secondary N) is 1. The van der Waals surface area contributed by atoms with E-state index < -0.39 is 47.0 Å². The van der Waals surface area contributed by atoms with Crippen LogP contribution in [-0.4, -0.2) is 37.1 Å². The van der Waals surface area contributed by atoms with Gasteiger partial charge in [0, 0.05) is 11.1 Å². The molecule has 0 spiro atoms. The van der Waals surface area contributed by atoms with Crippen molar-refractivity contribution < 1.29 is 37.5 Å². The van der Waals surface area contributed by atoms with Crippen LogP contribution < -0.4 is 14.8 Å². The monoisotopic (exact) mass is 464 g/mol. The van der Waals surface area contributed by atoms with Gasteiger partial charge in [-0.05, 0) is 18.2 Å². The number of rotatable bonds is 8. The van der Waals surface area contributed by atoms with Crippen LogP contribution in [0.15, 0.2) is 30.3 Å². The third-order valence-electron chi connectivity index (χ3n) is 3.45. The van der Waals surface area contributed by atoms with Gasteiger partial charge in [0.1, 0.15) is 5.56 Å². The highest BCUT2D eigenvalue weighted by atomic mass is 35.5. The molecule has 0 aliphatic heterocycles. The number of alkyl halides is 2. The Hall–Kier alpha value is -3.18. The Labute approximate surface area is 177 Å². The van der Waals surface area contributed by atoms with Crippen molar-refractivity contribution in [3.8, 4) is 11.5 Å². The lowest BCUT2D eigenvalue weighted by atomic mass is 10.1. The molecule has 0 bridgehead atoms. The number of benzene rings is 2. The van der Waals surface area contributed by atoms with Crippen molar-refractivity contribution in [2.75, 3.05) is 19.0 Å². The third-order valence-corrected chi connectivity index (χ3v) is 4.02. The molecular weight excluding hydrogens is 453 g/mol. The average Bonchev–Trinajstić information content (AvgIpc) is 2.68. The average molecular weight is 465 g/mol. The second-order valence-electron chi connectivity index (χ2n) is 5.40. The van der Waals surface area contributed by atoms with Gasteiger partial charge in [-0.25, -0.2) is 4.79 Å². The molecule has 2 aromatic carbocycles. The van der Waals surface area contributed by atoms with Crippen LogP contribution in [-0.2, 0) is 9.53 Å². The Balaban J connectivity index is 2.18. The quantitative estimate of drug-likeness (QED) is 0.351. The van der Waals surface area contributed by atoms with E-state index in [1.807, 2.05) is 0 Å². The van der Waals surface area contributed by atoms with Crippen LogP contribution in [0.5, 0.6) is 11.5 Å². The van der Waals surface area contributed by atoms with Crippen molar-refractivity contribution in [3.63, 3.8) is 0 Å². The van der Waals surface area contributed by atoms with Gasteiger partial charge in [-0.15, -0.1) is 0 Å². The number of carbonyl (C=O) groups excluding carboxylic acids is 2. The molecule has 0 aliphatic carbocycles. The number of hydrogen-bond donors (Lipinski definition) is 1. The molecule has 0 radical (unpaired) electrons. The number of halogens is 4. The summed E-state index contributed by atoms with van der Waals surface area (Å²) < 4.78 is 38.7. The van der Waals surface area contributed by atoms with E-state index in [1.165, 1.54) is 18.2 Å². The minimum atomic E-state index is -3.28. The van der Waals surface area contributed by atoms with Gasteiger partial charge in [-0.2, -0.15) is 8.78 Å². The Kier molecular flexibility index (Phi) is 7.72. The van der Waals surface area contributed by atoms with Crippen molar-refractivity contribution in [1.29, 1.82) is 0 Å². The predicted octanol–water partition coefficient (Wildman–Crippen LogP) is 4.31. The molecule has 2 rings (SSSR count). The zero-order valence-electron chi connectivity index (χ0n) is 15.0. The Morgan fingerprint density at radius 2 is 1.90 bits per heavy atom. The topological polar surface area (TPSA) is 117 Å². The first-order chi connectivity index (χ1) is 14.1. The van der Waals surface area contributed by atoms with Gasteiger partial charge in [0.25, 0.3) is 11.6 Å². The summed E-state index contributed by atoms with van der Waals surface area (Å²) in [5.74, 6) is -3.09. The number of methoxy groups -OCH3 is 1. The molecule has 160 valence electrons. The fraction of sp³-hybridized carbons (Fsp3) is 0.176. The number of hydrogen-bond acceptors (Lipinski definition) is 7. The summed E-state index contributed by atoms with van der Waals surface area (Å²) in [5, 5.41) is 14.0. The van der Waals surface area contributed by atoms with E-state index in [2.05, 4.69) is 10.1 Å². The summed E-state index contributed by atoms with van der Waals surface area (Å²) in [6.07, 6.45) is 0. The number of anilines is 1. The number of ether oxygens (including phenoxy) is 3. The smallest absolute Gasteiger partial charge is 0.387 e. The van der Waals surface area contributed by atoms with E-state index >= 15 is 0 Å². The predicted molar refractivity (Wildman–Crippen MR) is 102 cm³/mol. The second kappa shape index (κ2) is 10.0. The molecule has 2 aromatic rings. The van der Waals surface area contributed by atoms with Crippen molar-refractivity contribution in [1.82, 2.24) is 0 Å². The first-order valence-corrected chi connectivity index (χ1v) is 8.61. The maximum Gasteiger partial charge on any atom is 0.387 e. The molecule has 0 saturated carbocycles. The summed E-state index contributed by atoms with van der Waals surface area (Å²) in [7, 11) is 1.08. The summed E-state index contributed by atoms with van der Waals surface area (Å²) >= 11 is 11.7. The molecule has 1 amide bonds. The van der Waals surface area contributed by atoms with Crippen LogP contribution in [0.2, 0.25) is 10.0 Å². The SMILES string of the molecule is COc1cc(C(=O)OCC(=O)Nc2cc(Cl)ccc2Cl)c([N+](=O)[O-])cc1OC(F)F. The molecule has 30 heavy (non-hydrogen) atoms. The van der Waals surface area contributed by atoms with Crippen molar-refractivity contribution in [2.24, 2.45) is 0 Å². The lowest BCUT2D eigenvalue weighted by Gasteiger charge is -2.12. The summed E-state index contributed by atoms with van der Waals surface area (Å²) in [6, 6.07) is 5.68. The minimum absolute atomic E-state index is 0.159. The lowest BCUT2D eigenvalue weighted by molar-refractivity contribution is -0.385. The zero-order valence-corrected chi connectivity index (χ0v) is 16.5. The van der Waals surface area contributed by atoms with E-state index in [4.69, 9.17) is 32.7 Å². The highest BCUT2D eigenvalue weighted by molar-refractivity contribution is 6.35. The highest BCUT2D eigenvalue weighted by Gasteiger charge is 2.27. The van der Waals surface area contributed by atoms with Crippen LogP contribution >= 0.6 is 23.2 Å². The minimum Gasteiger partial charge on any atom is -0.493 e. The first kappa shape index (κ1) is 23.1. The van der Waals surface area contributed by atoms with Gasteiger partial charge in [0.2, 0.25) is 0 Å². The van der Waals surface area contributed by atoms with Gasteiger partial charge >= 0.3 is 12.6 Å². The maximum atomic E-state index is 12.5. The third kappa shape index (κ3) is 5.91. The Morgan fingerprint density at radius 3 is 2.50 bits per heavy atom. The van der Waals surface area contributed by atoms with Crippen molar-refractivity contribution >= 4 is 46.5 Å². The normalized spacial score (nSPS) is 10.5. The number of esters is 1. The van der Waals surface area contributed by atoms with E-state index in [0.717, 1.165) is 13.2 Å². The van der Waals surface area contributed by atoms with E-state index in [9.17, 15) is 28.5 Å². The molecule has 0 atom stereocenters. The molecule has 13 heteroatoms. The second-order valence-corrected chi connectivity index (χ2v) is 6.25.